The predicted octanol–water partition coefficient (Wildman–Crippen LogP) is 0.781. The third-order valence-electron chi connectivity index (χ3n) is 2.31. The van der Waals surface area contributed by atoms with E-state index in [1.165, 1.54) is 0 Å². The standard InChI is InChI=1S/C11H9BrN4O3/c1-5-6(2-3-8(12)13-5)14-10(18)7-4-9(17)16-11(19)15-7/h2-4H,1H3,(H,14,18)(H2,15,16,17,19). The number of carbonyl (C=O) groups excluding carboxylic acids is 1. The van der Waals surface area contributed by atoms with Crippen molar-refractivity contribution in [3.63, 3.8) is 0 Å². The lowest BCUT2D eigenvalue weighted by Crippen LogP contribution is -2.27. The summed E-state index contributed by atoms with van der Waals surface area (Å²) >= 11 is 3.21. The average Bonchev–Trinajstić information content (AvgIpc) is 2.31. The smallest absolute Gasteiger partial charge is 0.319 e. The molecule has 1 amide bonds. The SMILES string of the molecule is Cc1nc(Br)ccc1NC(=O)c1cc(=O)[nH]c(=O)[nH]1. The molecule has 0 bridgehead atoms. The molecule has 0 fully saturated rings. The number of aromatic nitrogens is 3. The molecule has 19 heavy (non-hydrogen) atoms. The summed E-state index contributed by atoms with van der Waals surface area (Å²) in [5.41, 5.74) is -0.386. The van der Waals surface area contributed by atoms with Crippen LogP contribution in [-0.4, -0.2) is 20.9 Å². The molecule has 0 aromatic carbocycles. The van der Waals surface area contributed by atoms with Crippen molar-refractivity contribution in [3.8, 4) is 0 Å². The first-order valence-electron chi connectivity index (χ1n) is 5.24. The normalized spacial score (nSPS) is 10.2. The Labute approximate surface area is 115 Å². The number of anilines is 1. The van der Waals surface area contributed by atoms with Crippen molar-refractivity contribution in [2.24, 2.45) is 0 Å². The van der Waals surface area contributed by atoms with Gasteiger partial charge in [0, 0.05) is 6.07 Å². The monoisotopic (exact) mass is 324 g/mol. The summed E-state index contributed by atoms with van der Waals surface area (Å²) in [6.07, 6.45) is 0. The average molecular weight is 325 g/mol. The van der Waals surface area contributed by atoms with Crippen LogP contribution < -0.4 is 16.6 Å². The maximum Gasteiger partial charge on any atom is 0.326 e. The van der Waals surface area contributed by atoms with E-state index in [2.05, 4.69) is 31.2 Å². The zero-order valence-corrected chi connectivity index (χ0v) is 11.4. The van der Waals surface area contributed by atoms with E-state index in [0.717, 1.165) is 6.07 Å². The number of amides is 1. The minimum Gasteiger partial charge on any atom is -0.319 e. The lowest BCUT2D eigenvalue weighted by molar-refractivity contribution is 0.102. The minimum atomic E-state index is -0.733. The molecule has 2 aromatic rings. The van der Waals surface area contributed by atoms with E-state index in [4.69, 9.17) is 0 Å². The van der Waals surface area contributed by atoms with Crippen LogP contribution in [0.3, 0.4) is 0 Å². The van der Waals surface area contributed by atoms with E-state index < -0.39 is 17.2 Å². The second-order valence-corrected chi connectivity index (χ2v) is 4.53. The summed E-state index contributed by atoms with van der Waals surface area (Å²) in [4.78, 5) is 42.4. The molecule has 0 aliphatic rings. The Morgan fingerprint density at radius 1 is 1.32 bits per heavy atom. The molecule has 2 rings (SSSR count). The molecule has 0 radical (unpaired) electrons. The molecule has 0 aliphatic heterocycles. The highest BCUT2D eigenvalue weighted by Gasteiger charge is 2.10. The molecule has 7 nitrogen and oxygen atoms in total. The van der Waals surface area contributed by atoms with Crippen LogP contribution in [0.2, 0.25) is 0 Å². The Hall–Kier alpha value is -2.22. The fourth-order valence-corrected chi connectivity index (χ4v) is 1.84. The molecule has 2 aromatic heterocycles. The lowest BCUT2D eigenvalue weighted by atomic mass is 10.3. The summed E-state index contributed by atoms with van der Waals surface area (Å²) in [5, 5.41) is 2.56. The Morgan fingerprint density at radius 2 is 2.05 bits per heavy atom. The van der Waals surface area contributed by atoms with Crippen molar-refractivity contribution >= 4 is 27.5 Å². The molecule has 3 N–H and O–H groups in total. The number of H-pyrrole nitrogens is 2. The number of carbonyl (C=O) groups is 1. The van der Waals surface area contributed by atoms with Gasteiger partial charge in [-0.15, -0.1) is 0 Å². The van der Waals surface area contributed by atoms with Crippen molar-refractivity contribution in [2.45, 2.75) is 6.92 Å². The van der Waals surface area contributed by atoms with Crippen LogP contribution in [0.25, 0.3) is 0 Å². The lowest BCUT2D eigenvalue weighted by Gasteiger charge is -2.07. The second-order valence-electron chi connectivity index (χ2n) is 3.72. The predicted molar refractivity (Wildman–Crippen MR) is 72.3 cm³/mol. The third kappa shape index (κ3) is 3.16. The largest absolute Gasteiger partial charge is 0.326 e. The number of hydrogen-bond acceptors (Lipinski definition) is 4. The molecule has 98 valence electrons. The minimum absolute atomic E-state index is 0.115. The summed E-state index contributed by atoms with van der Waals surface area (Å²) in [7, 11) is 0. The molecule has 0 unspecified atom stereocenters. The van der Waals surface area contributed by atoms with Crippen LogP contribution in [0.4, 0.5) is 5.69 Å². The van der Waals surface area contributed by atoms with Crippen LogP contribution >= 0.6 is 15.9 Å². The molecule has 0 saturated heterocycles. The van der Waals surface area contributed by atoms with Crippen molar-refractivity contribution < 1.29 is 4.79 Å². The van der Waals surface area contributed by atoms with Crippen molar-refractivity contribution in [1.29, 1.82) is 0 Å². The van der Waals surface area contributed by atoms with Crippen molar-refractivity contribution in [3.05, 3.63) is 55.0 Å². The van der Waals surface area contributed by atoms with E-state index in [-0.39, 0.29) is 5.69 Å². The van der Waals surface area contributed by atoms with Crippen LogP contribution in [-0.2, 0) is 0 Å². The van der Waals surface area contributed by atoms with Gasteiger partial charge in [0.1, 0.15) is 10.3 Å². The first-order valence-corrected chi connectivity index (χ1v) is 6.03. The fourth-order valence-electron chi connectivity index (χ4n) is 1.44. The Balaban J connectivity index is 2.30. The Kier molecular flexibility index (Phi) is 3.61. The van der Waals surface area contributed by atoms with E-state index in [0.29, 0.717) is 16.0 Å². The molecular weight excluding hydrogens is 316 g/mol. The first kappa shape index (κ1) is 13.2. The van der Waals surface area contributed by atoms with Gasteiger partial charge in [0.25, 0.3) is 11.5 Å². The van der Waals surface area contributed by atoms with Gasteiger partial charge in [-0.3, -0.25) is 14.6 Å². The van der Waals surface area contributed by atoms with Gasteiger partial charge >= 0.3 is 5.69 Å². The highest BCUT2D eigenvalue weighted by Crippen LogP contribution is 2.16. The highest BCUT2D eigenvalue weighted by atomic mass is 79.9. The Bertz CT molecular complexity index is 722. The number of hydrogen-bond donors (Lipinski definition) is 3. The van der Waals surface area contributed by atoms with Gasteiger partial charge < -0.3 is 10.3 Å². The Morgan fingerprint density at radius 3 is 2.68 bits per heavy atom. The molecular formula is C11H9BrN4O3. The van der Waals surface area contributed by atoms with Crippen molar-refractivity contribution in [2.75, 3.05) is 5.32 Å². The number of rotatable bonds is 2. The van der Waals surface area contributed by atoms with Crippen molar-refractivity contribution in [1.82, 2.24) is 15.0 Å². The van der Waals surface area contributed by atoms with Crippen LogP contribution in [0.15, 0.2) is 32.4 Å². The summed E-state index contributed by atoms with van der Waals surface area (Å²) < 4.78 is 0.646. The van der Waals surface area contributed by atoms with E-state index in [9.17, 15) is 14.4 Å². The number of aryl methyl sites for hydroxylation is 1. The first-order chi connectivity index (χ1) is 8.95. The maximum absolute atomic E-state index is 11.9. The van der Waals surface area contributed by atoms with Crippen LogP contribution in [0, 0.1) is 6.92 Å². The number of aromatic amines is 2. The molecule has 0 atom stereocenters. The van der Waals surface area contributed by atoms with Gasteiger partial charge in [-0.05, 0) is 35.0 Å². The van der Waals surface area contributed by atoms with Gasteiger partial charge in [-0.25, -0.2) is 9.78 Å². The number of nitrogens with one attached hydrogen (secondary N) is 3. The number of nitrogens with zero attached hydrogens (tertiary/aromatic N) is 1. The number of halogens is 1. The summed E-state index contributed by atoms with van der Waals surface area (Å²) in [6, 6.07) is 4.34. The zero-order chi connectivity index (χ0) is 14.0. The third-order valence-corrected chi connectivity index (χ3v) is 2.75. The zero-order valence-electron chi connectivity index (χ0n) is 9.78. The second kappa shape index (κ2) is 5.19. The summed E-state index contributed by atoms with van der Waals surface area (Å²) in [6.45, 7) is 1.72. The summed E-state index contributed by atoms with van der Waals surface area (Å²) in [5.74, 6) is -0.588. The van der Waals surface area contributed by atoms with Gasteiger partial charge in [-0.1, -0.05) is 0 Å². The topological polar surface area (TPSA) is 108 Å². The molecule has 0 spiro atoms. The van der Waals surface area contributed by atoms with Gasteiger partial charge in [0.2, 0.25) is 0 Å². The van der Waals surface area contributed by atoms with Gasteiger partial charge in [0.15, 0.2) is 0 Å². The molecule has 0 aliphatic carbocycles. The van der Waals surface area contributed by atoms with Crippen LogP contribution in [0.5, 0.6) is 0 Å². The quantitative estimate of drug-likeness (QED) is 0.709. The fraction of sp³-hybridized carbons (Fsp3) is 0.0909. The van der Waals surface area contributed by atoms with E-state index >= 15 is 0 Å². The van der Waals surface area contributed by atoms with E-state index in [1.54, 1.807) is 19.1 Å². The van der Waals surface area contributed by atoms with Gasteiger partial charge in [-0.2, -0.15) is 0 Å². The molecule has 8 heteroatoms. The molecule has 2 heterocycles. The van der Waals surface area contributed by atoms with Crippen LogP contribution in [0.1, 0.15) is 16.2 Å². The maximum atomic E-state index is 11.9. The van der Waals surface area contributed by atoms with E-state index in [1.807, 2.05) is 4.98 Å². The number of pyridine rings is 1. The highest BCUT2D eigenvalue weighted by molar-refractivity contribution is 9.10. The molecule has 0 saturated carbocycles. The van der Waals surface area contributed by atoms with Gasteiger partial charge in [0.05, 0.1) is 11.4 Å².